The first-order chi connectivity index (χ1) is 12.2. The van der Waals surface area contributed by atoms with Crippen molar-refractivity contribution in [3.63, 3.8) is 0 Å². The molecular formula is C19H31IN4O2. The zero-order valence-electron chi connectivity index (χ0n) is 15.5. The predicted molar refractivity (Wildman–Crippen MR) is 117 cm³/mol. The fourth-order valence-corrected chi connectivity index (χ4v) is 2.95. The van der Waals surface area contributed by atoms with Crippen molar-refractivity contribution < 1.29 is 9.53 Å². The summed E-state index contributed by atoms with van der Waals surface area (Å²) in [5.41, 5.74) is 7.71. The third-order valence-corrected chi connectivity index (χ3v) is 4.33. The third kappa shape index (κ3) is 8.35. The molecule has 2 rings (SSSR count). The number of nitrogens with zero attached hydrogens (tertiary/aromatic N) is 1. The van der Waals surface area contributed by atoms with Gasteiger partial charge in [0.05, 0.1) is 6.54 Å². The molecule has 0 spiro atoms. The number of amides is 1. The van der Waals surface area contributed by atoms with Gasteiger partial charge in [0.25, 0.3) is 0 Å². The monoisotopic (exact) mass is 474 g/mol. The topological polar surface area (TPSA) is 88.7 Å². The van der Waals surface area contributed by atoms with Gasteiger partial charge in [0.1, 0.15) is 0 Å². The zero-order chi connectivity index (χ0) is 17.9. The molecule has 1 amide bonds. The molecular weight excluding hydrogens is 443 g/mol. The number of aliphatic imine (C=N–C) groups is 1. The highest BCUT2D eigenvalue weighted by atomic mass is 127. The Morgan fingerprint density at radius 3 is 2.85 bits per heavy atom. The average Bonchev–Trinajstić information content (AvgIpc) is 3.15. The number of nitrogens with two attached hydrogens (primary N) is 1. The van der Waals surface area contributed by atoms with Crippen LogP contribution in [0.4, 0.5) is 5.69 Å². The molecule has 7 heteroatoms. The van der Waals surface area contributed by atoms with Crippen LogP contribution in [-0.2, 0) is 16.1 Å². The van der Waals surface area contributed by atoms with Crippen molar-refractivity contribution in [3.8, 4) is 0 Å². The number of guanidine groups is 1. The third-order valence-electron chi connectivity index (χ3n) is 4.33. The Kier molecular flexibility index (Phi) is 11.3. The lowest BCUT2D eigenvalue weighted by Gasteiger charge is -2.11. The average molecular weight is 474 g/mol. The Morgan fingerprint density at radius 2 is 2.12 bits per heavy atom. The molecule has 0 aliphatic heterocycles. The lowest BCUT2D eigenvalue weighted by Crippen LogP contribution is -2.32. The van der Waals surface area contributed by atoms with Crippen LogP contribution in [0.2, 0.25) is 0 Å². The molecule has 0 bridgehead atoms. The highest BCUT2D eigenvalue weighted by Gasteiger charge is 2.22. The van der Waals surface area contributed by atoms with Gasteiger partial charge in [-0.3, -0.25) is 4.79 Å². The van der Waals surface area contributed by atoms with Gasteiger partial charge < -0.3 is 21.1 Å². The van der Waals surface area contributed by atoms with Gasteiger partial charge in [-0.15, -0.1) is 24.0 Å². The number of carbonyl (C=O) groups excluding carboxylic acids is 1. The maximum Gasteiger partial charge on any atom is 0.227 e. The Bertz CT molecular complexity index is 574. The minimum Gasteiger partial charge on any atom is -0.382 e. The number of anilines is 1. The minimum atomic E-state index is 0. The van der Waals surface area contributed by atoms with Crippen molar-refractivity contribution in [2.45, 2.75) is 45.6 Å². The van der Waals surface area contributed by atoms with Crippen LogP contribution in [0, 0.1) is 5.92 Å². The normalized spacial score (nSPS) is 14.7. The van der Waals surface area contributed by atoms with Crippen molar-refractivity contribution in [1.29, 1.82) is 0 Å². The van der Waals surface area contributed by atoms with E-state index in [0.717, 1.165) is 63.1 Å². The van der Waals surface area contributed by atoms with Crippen molar-refractivity contribution in [3.05, 3.63) is 29.8 Å². The number of halogens is 1. The van der Waals surface area contributed by atoms with Crippen LogP contribution in [0.5, 0.6) is 0 Å². The molecule has 146 valence electrons. The summed E-state index contributed by atoms with van der Waals surface area (Å²) in [6.45, 7) is 4.66. The quantitative estimate of drug-likeness (QED) is 0.222. The van der Waals surface area contributed by atoms with Crippen LogP contribution in [0.15, 0.2) is 29.3 Å². The number of carbonyl (C=O) groups is 1. The van der Waals surface area contributed by atoms with Crippen molar-refractivity contribution in [2.75, 3.05) is 25.1 Å². The SMILES string of the molecule is CCOCCCNC(N)=NCc1cccc(NC(=O)C2CCCC2)c1.I. The van der Waals surface area contributed by atoms with E-state index in [1.807, 2.05) is 31.2 Å². The molecule has 1 aliphatic carbocycles. The molecule has 0 saturated heterocycles. The molecule has 0 radical (unpaired) electrons. The highest BCUT2D eigenvalue weighted by Crippen LogP contribution is 2.26. The Morgan fingerprint density at radius 1 is 1.35 bits per heavy atom. The number of ether oxygens (including phenoxy) is 1. The van der Waals surface area contributed by atoms with E-state index in [-0.39, 0.29) is 35.8 Å². The van der Waals surface area contributed by atoms with E-state index >= 15 is 0 Å². The second kappa shape index (κ2) is 12.9. The van der Waals surface area contributed by atoms with Gasteiger partial charge in [-0.1, -0.05) is 25.0 Å². The van der Waals surface area contributed by atoms with Crippen molar-refractivity contribution in [2.24, 2.45) is 16.6 Å². The van der Waals surface area contributed by atoms with Crippen molar-refractivity contribution in [1.82, 2.24) is 5.32 Å². The first-order valence-electron chi connectivity index (χ1n) is 9.20. The van der Waals surface area contributed by atoms with Gasteiger partial charge in [-0.25, -0.2) is 4.99 Å². The standard InChI is InChI=1S/C19H30N4O2.HI/c1-2-25-12-6-11-21-19(20)22-14-15-7-5-10-17(13-15)23-18(24)16-8-3-4-9-16;/h5,7,10,13,16H,2-4,6,8-9,11-12,14H2,1H3,(H,23,24)(H3,20,21,22);1H. The molecule has 26 heavy (non-hydrogen) atoms. The van der Waals surface area contributed by atoms with Crippen LogP contribution in [0.3, 0.4) is 0 Å². The summed E-state index contributed by atoms with van der Waals surface area (Å²) in [6, 6.07) is 7.78. The van der Waals surface area contributed by atoms with Crippen LogP contribution in [0.25, 0.3) is 0 Å². The van der Waals surface area contributed by atoms with Gasteiger partial charge in [0.15, 0.2) is 5.96 Å². The maximum atomic E-state index is 12.2. The molecule has 1 saturated carbocycles. The summed E-state index contributed by atoms with van der Waals surface area (Å²) in [5.74, 6) is 0.726. The molecule has 1 aromatic rings. The smallest absolute Gasteiger partial charge is 0.227 e. The Hall–Kier alpha value is -1.35. The molecule has 0 aromatic heterocycles. The molecule has 0 heterocycles. The van der Waals surface area contributed by atoms with Crippen LogP contribution in [-0.4, -0.2) is 31.6 Å². The van der Waals surface area contributed by atoms with E-state index in [2.05, 4.69) is 15.6 Å². The fraction of sp³-hybridized carbons (Fsp3) is 0.579. The Balaban J connectivity index is 0.00000338. The first kappa shape index (κ1) is 22.7. The summed E-state index contributed by atoms with van der Waals surface area (Å²) in [7, 11) is 0. The van der Waals surface area contributed by atoms with Crippen LogP contribution < -0.4 is 16.4 Å². The van der Waals surface area contributed by atoms with Gasteiger partial charge in [-0.05, 0) is 43.9 Å². The fourth-order valence-electron chi connectivity index (χ4n) is 2.95. The van der Waals surface area contributed by atoms with E-state index in [9.17, 15) is 4.79 Å². The summed E-state index contributed by atoms with van der Waals surface area (Å²) in [5, 5.41) is 6.09. The van der Waals surface area contributed by atoms with E-state index in [1.54, 1.807) is 0 Å². The van der Waals surface area contributed by atoms with Crippen molar-refractivity contribution >= 4 is 41.5 Å². The molecule has 0 unspecified atom stereocenters. The van der Waals surface area contributed by atoms with Crippen LogP contribution >= 0.6 is 24.0 Å². The first-order valence-corrected chi connectivity index (χ1v) is 9.20. The molecule has 0 atom stereocenters. The molecule has 1 aromatic carbocycles. The lowest BCUT2D eigenvalue weighted by atomic mass is 10.1. The molecule has 6 nitrogen and oxygen atoms in total. The number of hydrogen-bond donors (Lipinski definition) is 3. The predicted octanol–water partition coefficient (Wildman–Crippen LogP) is 3.26. The van der Waals surface area contributed by atoms with E-state index in [4.69, 9.17) is 10.5 Å². The zero-order valence-corrected chi connectivity index (χ0v) is 17.8. The molecule has 4 N–H and O–H groups in total. The molecule has 1 aliphatic rings. The highest BCUT2D eigenvalue weighted by molar-refractivity contribution is 14.0. The van der Waals surface area contributed by atoms with E-state index in [0.29, 0.717) is 12.5 Å². The second-order valence-electron chi connectivity index (χ2n) is 6.35. The van der Waals surface area contributed by atoms with Crippen LogP contribution in [0.1, 0.15) is 44.6 Å². The number of hydrogen-bond acceptors (Lipinski definition) is 3. The van der Waals surface area contributed by atoms with Gasteiger partial charge in [0.2, 0.25) is 5.91 Å². The number of nitrogens with one attached hydrogen (secondary N) is 2. The summed E-state index contributed by atoms with van der Waals surface area (Å²) in [6.07, 6.45) is 5.21. The lowest BCUT2D eigenvalue weighted by molar-refractivity contribution is -0.119. The van der Waals surface area contributed by atoms with E-state index < -0.39 is 0 Å². The maximum absolute atomic E-state index is 12.2. The summed E-state index contributed by atoms with van der Waals surface area (Å²) >= 11 is 0. The number of rotatable bonds is 9. The Labute approximate surface area is 173 Å². The largest absolute Gasteiger partial charge is 0.382 e. The number of benzene rings is 1. The van der Waals surface area contributed by atoms with Gasteiger partial charge in [-0.2, -0.15) is 0 Å². The van der Waals surface area contributed by atoms with Gasteiger partial charge >= 0.3 is 0 Å². The van der Waals surface area contributed by atoms with Gasteiger partial charge in [0, 0.05) is 31.4 Å². The summed E-state index contributed by atoms with van der Waals surface area (Å²) in [4.78, 5) is 16.5. The summed E-state index contributed by atoms with van der Waals surface area (Å²) < 4.78 is 5.27. The second-order valence-corrected chi connectivity index (χ2v) is 6.35. The molecule has 1 fully saturated rings. The minimum absolute atomic E-state index is 0. The van der Waals surface area contributed by atoms with E-state index in [1.165, 1.54) is 0 Å².